The van der Waals surface area contributed by atoms with E-state index in [0.717, 1.165) is 5.75 Å². The van der Waals surface area contributed by atoms with Gasteiger partial charge in [-0.05, 0) is 40.2 Å². The lowest BCUT2D eigenvalue weighted by atomic mass is 9.85. The molecule has 0 fully saturated rings. The largest absolute Gasteiger partial charge is 0.489 e. The fourth-order valence-electron chi connectivity index (χ4n) is 2.97. The van der Waals surface area contributed by atoms with E-state index in [9.17, 15) is 0 Å². The molecule has 2 nitrogen and oxygen atoms in total. The summed E-state index contributed by atoms with van der Waals surface area (Å²) in [7, 11) is 4.16. The van der Waals surface area contributed by atoms with Gasteiger partial charge in [0, 0.05) is 25.3 Å². The van der Waals surface area contributed by atoms with Crippen LogP contribution in [0, 0.1) is 0 Å². The van der Waals surface area contributed by atoms with Crippen LogP contribution < -0.4 is 9.64 Å². The van der Waals surface area contributed by atoms with Gasteiger partial charge in [0.25, 0.3) is 0 Å². The molecule has 2 aromatic rings. The fourth-order valence-corrected chi connectivity index (χ4v) is 2.97. The highest BCUT2D eigenvalue weighted by Gasteiger charge is 2.20. The van der Waals surface area contributed by atoms with Gasteiger partial charge in [-0.2, -0.15) is 0 Å². The molecule has 0 heterocycles. The summed E-state index contributed by atoms with van der Waals surface area (Å²) < 4.78 is 6.28. The highest BCUT2D eigenvalue weighted by atomic mass is 16.5. The summed E-state index contributed by atoms with van der Waals surface area (Å²) in [5.41, 5.74) is 5.20. The van der Waals surface area contributed by atoms with Gasteiger partial charge in [0.05, 0.1) is 0 Å². The molecule has 2 heteroatoms. The zero-order valence-electron chi connectivity index (χ0n) is 17.1. The maximum Gasteiger partial charge on any atom is 0.123 e. The summed E-state index contributed by atoms with van der Waals surface area (Å²) >= 11 is 0. The van der Waals surface area contributed by atoms with Crippen molar-refractivity contribution < 1.29 is 4.74 Å². The van der Waals surface area contributed by atoms with Gasteiger partial charge in [0.15, 0.2) is 0 Å². The van der Waals surface area contributed by atoms with Crippen molar-refractivity contribution in [2.75, 3.05) is 19.0 Å². The van der Waals surface area contributed by atoms with Gasteiger partial charge in [-0.3, -0.25) is 0 Å². The number of benzene rings is 2. The minimum absolute atomic E-state index is 0.0637. The average Bonchev–Trinajstić information content (AvgIpc) is 2.51. The van der Waals surface area contributed by atoms with Crippen LogP contribution in [0.3, 0.4) is 0 Å². The monoisotopic (exact) mass is 339 g/mol. The van der Waals surface area contributed by atoms with Crippen molar-refractivity contribution in [1.29, 1.82) is 0 Å². The number of nitrogens with zero attached hydrogens (tertiary/aromatic N) is 1. The SMILES string of the molecule is CN(C)c1ccc(C(C)(C)C)cc1COc1ccccc1C(C)(C)C. The molecule has 0 atom stereocenters. The molecule has 25 heavy (non-hydrogen) atoms. The molecule has 0 spiro atoms. The molecule has 0 saturated carbocycles. The summed E-state index contributed by atoms with van der Waals surface area (Å²) in [4.78, 5) is 2.15. The Morgan fingerprint density at radius 3 is 2.04 bits per heavy atom. The van der Waals surface area contributed by atoms with Crippen LogP contribution >= 0.6 is 0 Å². The summed E-state index contributed by atoms with van der Waals surface area (Å²) in [6.07, 6.45) is 0. The summed E-state index contributed by atoms with van der Waals surface area (Å²) in [5, 5.41) is 0. The normalized spacial score (nSPS) is 12.2. The number of para-hydroxylation sites is 1. The van der Waals surface area contributed by atoms with Crippen LogP contribution in [0.4, 0.5) is 5.69 Å². The molecule has 0 aliphatic rings. The predicted molar refractivity (Wildman–Crippen MR) is 109 cm³/mol. The molecular formula is C23H33NO. The minimum atomic E-state index is 0.0637. The Labute approximate surface area is 153 Å². The Bertz CT molecular complexity index is 718. The lowest BCUT2D eigenvalue weighted by Gasteiger charge is -2.25. The molecule has 2 rings (SSSR count). The van der Waals surface area contributed by atoms with Gasteiger partial charge in [-0.25, -0.2) is 0 Å². The first-order valence-corrected chi connectivity index (χ1v) is 9.03. The van der Waals surface area contributed by atoms with E-state index in [1.807, 2.05) is 6.07 Å². The average molecular weight is 340 g/mol. The van der Waals surface area contributed by atoms with E-state index in [-0.39, 0.29) is 10.8 Å². The molecule has 0 aromatic heterocycles. The highest BCUT2D eigenvalue weighted by molar-refractivity contribution is 5.55. The van der Waals surface area contributed by atoms with E-state index >= 15 is 0 Å². The third kappa shape index (κ3) is 4.78. The summed E-state index contributed by atoms with van der Waals surface area (Å²) in [5.74, 6) is 0.973. The summed E-state index contributed by atoms with van der Waals surface area (Å²) in [6.45, 7) is 14.0. The zero-order valence-corrected chi connectivity index (χ0v) is 17.1. The number of hydrogen-bond acceptors (Lipinski definition) is 2. The van der Waals surface area contributed by atoms with E-state index in [1.54, 1.807) is 0 Å². The van der Waals surface area contributed by atoms with Crippen LogP contribution in [0.1, 0.15) is 58.2 Å². The number of ether oxygens (including phenoxy) is 1. The smallest absolute Gasteiger partial charge is 0.123 e. The Morgan fingerprint density at radius 1 is 0.840 bits per heavy atom. The number of hydrogen-bond donors (Lipinski definition) is 0. The van der Waals surface area contributed by atoms with E-state index in [0.29, 0.717) is 6.61 Å². The molecule has 0 aliphatic heterocycles. The molecule has 136 valence electrons. The van der Waals surface area contributed by atoms with Crippen LogP contribution in [0.2, 0.25) is 0 Å². The molecule has 0 saturated heterocycles. The molecule has 0 unspecified atom stereocenters. The molecular weight excluding hydrogens is 306 g/mol. The maximum absolute atomic E-state index is 6.28. The highest BCUT2D eigenvalue weighted by Crippen LogP contribution is 2.33. The second-order valence-corrected chi connectivity index (χ2v) is 9.02. The first-order chi connectivity index (χ1) is 11.5. The van der Waals surface area contributed by atoms with Gasteiger partial charge in [-0.1, -0.05) is 65.8 Å². The Morgan fingerprint density at radius 2 is 1.48 bits per heavy atom. The van der Waals surface area contributed by atoms with Crippen LogP contribution in [-0.2, 0) is 17.4 Å². The quantitative estimate of drug-likeness (QED) is 0.685. The van der Waals surface area contributed by atoms with Gasteiger partial charge >= 0.3 is 0 Å². The van der Waals surface area contributed by atoms with E-state index in [1.165, 1.54) is 22.4 Å². The van der Waals surface area contributed by atoms with Crippen LogP contribution in [-0.4, -0.2) is 14.1 Å². The zero-order chi connectivity index (χ0) is 18.8. The van der Waals surface area contributed by atoms with Crippen molar-refractivity contribution >= 4 is 5.69 Å². The second-order valence-electron chi connectivity index (χ2n) is 9.02. The molecule has 0 bridgehead atoms. The van der Waals surface area contributed by atoms with Crippen molar-refractivity contribution in [2.45, 2.75) is 59.0 Å². The first-order valence-electron chi connectivity index (χ1n) is 9.03. The Hall–Kier alpha value is -1.96. The fraction of sp³-hybridized carbons (Fsp3) is 0.478. The molecule has 0 aliphatic carbocycles. The van der Waals surface area contributed by atoms with Gasteiger partial charge in [0.1, 0.15) is 12.4 Å². The van der Waals surface area contributed by atoms with E-state index < -0.39 is 0 Å². The van der Waals surface area contributed by atoms with Gasteiger partial charge < -0.3 is 9.64 Å². The van der Waals surface area contributed by atoms with Gasteiger partial charge in [-0.15, -0.1) is 0 Å². The van der Waals surface area contributed by atoms with Crippen molar-refractivity contribution in [3.8, 4) is 5.75 Å². The maximum atomic E-state index is 6.28. The Kier molecular flexibility index (Phi) is 5.51. The molecule has 0 amide bonds. The molecule has 0 N–H and O–H groups in total. The van der Waals surface area contributed by atoms with E-state index in [4.69, 9.17) is 4.74 Å². The predicted octanol–water partition coefficient (Wildman–Crippen LogP) is 5.93. The molecule has 0 radical (unpaired) electrons. The third-order valence-electron chi connectivity index (χ3n) is 4.51. The van der Waals surface area contributed by atoms with Crippen molar-refractivity contribution in [1.82, 2.24) is 0 Å². The topological polar surface area (TPSA) is 12.5 Å². The third-order valence-corrected chi connectivity index (χ3v) is 4.51. The lowest BCUT2D eigenvalue weighted by molar-refractivity contribution is 0.297. The van der Waals surface area contributed by atoms with E-state index in [2.05, 4.69) is 96.9 Å². The second kappa shape index (κ2) is 7.11. The minimum Gasteiger partial charge on any atom is -0.489 e. The Balaban J connectivity index is 2.35. The first kappa shape index (κ1) is 19.4. The van der Waals surface area contributed by atoms with Crippen molar-refractivity contribution in [3.63, 3.8) is 0 Å². The van der Waals surface area contributed by atoms with Crippen molar-refractivity contribution in [3.05, 3.63) is 59.2 Å². The van der Waals surface area contributed by atoms with Crippen molar-refractivity contribution in [2.24, 2.45) is 0 Å². The summed E-state index contributed by atoms with van der Waals surface area (Å²) in [6, 6.07) is 15.1. The van der Waals surface area contributed by atoms with Crippen LogP contribution in [0.5, 0.6) is 5.75 Å². The number of rotatable bonds is 4. The lowest BCUT2D eigenvalue weighted by Crippen LogP contribution is -2.17. The van der Waals surface area contributed by atoms with Gasteiger partial charge in [0.2, 0.25) is 0 Å². The van der Waals surface area contributed by atoms with Crippen LogP contribution in [0.15, 0.2) is 42.5 Å². The molecule has 2 aromatic carbocycles. The van der Waals surface area contributed by atoms with Crippen LogP contribution in [0.25, 0.3) is 0 Å². The standard InChI is InChI=1S/C23H33NO/c1-22(2,3)18-13-14-20(24(7)8)17(15-18)16-25-21-12-10-9-11-19(21)23(4,5)6/h9-15H,16H2,1-8H3. The number of anilines is 1.